The van der Waals surface area contributed by atoms with Crippen LogP contribution >= 0.6 is 34.9 Å². The fourth-order valence-electron chi connectivity index (χ4n) is 3.45. The second-order valence-electron chi connectivity index (χ2n) is 6.27. The van der Waals surface area contributed by atoms with Gasteiger partial charge in [0.1, 0.15) is 11.8 Å². The molecule has 0 saturated carbocycles. The quantitative estimate of drug-likeness (QED) is 0.611. The van der Waals surface area contributed by atoms with E-state index in [4.69, 9.17) is 22.1 Å². The Morgan fingerprint density at radius 3 is 3.04 bits per heavy atom. The number of benzene rings is 1. The van der Waals surface area contributed by atoms with Crippen molar-refractivity contribution in [1.29, 1.82) is 0 Å². The van der Waals surface area contributed by atoms with Crippen molar-refractivity contribution in [2.75, 3.05) is 19.0 Å². The van der Waals surface area contributed by atoms with Crippen molar-refractivity contribution in [2.24, 2.45) is 0 Å². The number of aromatic nitrogens is 2. The molecule has 1 aliphatic rings. The molecule has 0 amide bonds. The predicted octanol–water partition coefficient (Wildman–Crippen LogP) is 3.87. The number of hydrogen-bond donors (Lipinski definition) is 2. The minimum absolute atomic E-state index is 0.559. The van der Waals surface area contributed by atoms with E-state index in [9.17, 15) is 0 Å². The van der Waals surface area contributed by atoms with E-state index in [2.05, 4.69) is 22.8 Å². The van der Waals surface area contributed by atoms with Gasteiger partial charge in [0.2, 0.25) is 5.13 Å². The van der Waals surface area contributed by atoms with E-state index in [1.807, 2.05) is 40.3 Å². The SMILES string of the molecule is COc1ccccc1Nc1nn(C[NH+]2CCC[C@H]2c2cccs2)c(=S)s1. The fraction of sp³-hybridized carbons (Fsp3) is 0.333. The van der Waals surface area contributed by atoms with Gasteiger partial charge in [0, 0.05) is 12.8 Å². The molecule has 5 nitrogen and oxygen atoms in total. The summed E-state index contributed by atoms with van der Waals surface area (Å²) in [6.45, 7) is 1.97. The van der Waals surface area contributed by atoms with Gasteiger partial charge < -0.3 is 15.0 Å². The van der Waals surface area contributed by atoms with Crippen molar-refractivity contribution >= 4 is 45.7 Å². The molecule has 2 N–H and O–H groups in total. The Morgan fingerprint density at radius 1 is 1.35 bits per heavy atom. The normalized spacial score (nSPS) is 19.6. The first-order valence-corrected chi connectivity index (χ1v) is 10.7. The van der Waals surface area contributed by atoms with Gasteiger partial charge in [0.05, 0.1) is 24.2 Å². The maximum Gasteiger partial charge on any atom is 0.209 e. The van der Waals surface area contributed by atoms with Crippen LogP contribution in [0.25, 0.3) is 0 Å². The molecule has 3 aromatic rings. The maximum absolute atomic E-state index is 5.56. The van der Waals surface area contributed by atoms with Gasteiger partial charge in [-0.05, 0) is 35.8 Å². The summed E-state index contributed by atoms with van der Waals surface area (Å²) >= 11 is 8.91. The summed E-state index contributed by atoms with van der Waals surface area (Å²) in [4.78, 5) is 3.00. The van der Waals surface area contributed by atoms with Crippen LogP contribution in [-0.4, -0.2) is 23.4 Å². The molecule has 1 aliphatic heterocycles. The van der Waals surface area contributed by atoms with Gasteiger partial charge in [-0.15, -0.1) is 16.4 Å². The molecule has 26 heavy (non-hydrogen) atoms. The predicted molar refractivity (Wildman–Crippen MR) is 109 cm³/mol. The van der Waals surface area contributed by atoms with Gasteiger partial charge in [0.15, 0.2) is 10.6 Å². The van der Waals surface area contributed by atoms with Crippen molar-refractivity contribution < 1.29 is 9.64 Å². The number of anilines is 2. The zero-order valence-corrected chi connectivity index (χ0v) is 16.9. The van der Waals surface area contributed by atoms with Crippen LogP contribution in [0.15, 0.2) is 41.8 Å². The Hall–Kier alpha value is -1.74. The highest BCUT2D eigenvalue weighted by molar-refractivity contribution is 7.73. The van der Waals surface area contributed by atoms with Crippen LogP contribution in [0.2, 0.25) is 0 Å². The molecule has 0 radical (unpaired) electrons. The van der Waals surface area contributed by atoms with Gasteiger partial charge in [-0.2, -0.15) is 4.68 Å². The van der Waals surface area contributed by atoms with Crippen LogP contribution in [0.1, 0.15) is 23.8 Å². The summed E-state index contributed by atoms with van der Waals surface area (Å²) in [5, 5.41) is 11.0. The number of thiophene rings is 1. The third-order valence-electron chi connectivity index (χ3n) is 4.68. The number of hydrogen-bond acceptors (Lipinski definition) is 6. The maximum atomic E-state index is 5.56. The highest BCUT2D eigenvalue weighted by Crippen LogP contribution is 2.28. The van der Waals surface area contributed by atoms with E-state index < -0.39 is 0 Å². The number of para-hydroxylation sites is 2. The monoisotopic (exact) mass is 405 g/mol. The van der Waals surface area contributed by atoms with E-state index >= 15 is 0 Å². The standard InChI is InChI=1S/C18H20N4OS3/c1-23-15-8-3-2-6-13(15)19-17-20-22(18(24)26-17)12-21-10-4-7-14(21)16-9-5-11-25-16/h2-3,5-6,8-9,11,14H,4,7,10,12H2,1H3,(H,19,20)/p+1/t14-/m0/s1. The van der Waals surface area contributed by atoms with Crippen molar-refractivity contribution in [3.8, 4) is 5.75 Å². The van der Waals surface area contributed by atoms with Crippen molar-refractivity contribution in [1.82, 2.24) is 9.78 Å². The molecule has 1 unspecified atom stereocenters. The van der Waals surface area contributed by atoms with E-state index in [1.165, 1.54) is 34.0 Å². The Bertz CT molecular complexity index is 919. The summed E-state index contributed by atoms with van der Waals surface area (Å²) in [5.41, 5.74) is 0.899. The van der Waals surface area contributed by atoms with Gasteiger partial charge >= 0.3 is 0 Å². The molecule has 0 aliphatic carbocycles. The lowest BCUT2D eigenvalue weighted by atomic mass is 10.2. The minimum atomic E-state index is 0.559. The van der Waals surface area contributed by atoms with E-state index in [1.54, 1.807) is 7.11 Å². The highest BCUT2D eigenvalue weighted by atomic mass is 32.1. The van der Waals surface area contributed by atoms with Crippen LogP contribution in [0.3, 0.4) is 0 Å². The molecule has 1 saturated heterocycles. The van der Waals surface area contributed by atoms with Crippen LogP contribution < -0.4 is 15.0 Å². The van der Waals surface area contributed by atoms with Crippen molar-refractivity contribution in [3.05, 3.63) is 50.6 Å². The summed E-state index contributed by atoms with van der Waals surface area (Å²) in [6.07, 6.45) is 2.49. The summed E-state index contributed by atoms with van der Waals surface area (Å²) in [5.74, 6) is 0.795. The summed E-state index contributed by atoms with van der Waals surface area (Å²) in [7, 11) is 1.67. The zero-order chi connectivity index (χ0) is 17.9. The number of ether oxygens (including phenoxy) is 1. The topological polar surface area (TPSA) is 43.5 Å². The van der Waals surface area contributed by atoms with Crippen LogP contribution in [0.5, 0.6) is 5.75 Å². The molecule has 4 rings (SSSR count). The lowest BCUT2D eigenvalue weighted by Crippen LogP contribution is -3.09. The summed E-state index contributed by atoms with van der Waals surface area (Å²) < 4.78 is 8.15. The molecule has 1 aromatic carbocycles. The molecule has 2 atom stereocenters. The average Bonchev–Trinajstić information content (AvgIpc) is 3.38. The van der Waals surface area contributed by atoms with Crippen LogP contribution in [0, 0.1) is 3.95 Å². The first-order chi connectivity index (χ1) is 12.7. The van der Waals surface area contributed by atoms with Crippen molar-refractivity contribution in [2.45, 2.75) is 25.6 Å². The summed E-state index contributed by atoms with van der Waals surface area (Å²) in [6, 6.07) is 12.8. The lowest BCUT2D eigenvalue weighted by molar-refractivity contribution is -0.941. The van der Waals surface area contributed by atoms with Crippen molar-refractivity contribution in [3.63, 3.8) is 0 Å². The zero-order valence-electron chi connectivity index (χ0n) is 14.5. The molecule has 1 fully saturated rings. The van der Waals surface area contributed by atoms with E-state index in [-0.39, 0.29) is 0 Å². The van der Waals surface area contributed by atoms with Gasteiger partial charge in [-0.25, -0.2) is 0 Å². The third kappa shape index (κ3) is 3.68. The third-order valence-corrected chi connectivity index (χ3v) is 6.89. The molecule has 3 heterocycles. The number of quaternary nitrogens is 1. The number of nitrogens with zero attached hydrogens (tertiary/aromatic N) is 2. The van der Waals surface area contributed by atoms with E-state index in [0.717, 1.165) is 33.7 Å². The molecule has 0 spiro atoms. The number of rotatable bonds is 6. The van der Waals surface area contributed by atoms with Crippen LogP contribution in [0.4, 0.5) is 10.8 Å². The average molecular weight is 406 g/mol. The molecule has 8 heteroatoms. The first-order valence-electron chi connectivity index (χ1n) is 8.60. The lowest BCUT2D eigenvalue weighted by Gasteiger charge is -2.20. The molecule has 0 bridgehead atoms. The Kier molecular flexibility index (Phi) is 5.35. The smallest absolute Gasteiger partial charge is 0.209 e. The van der Waals surface area contributed by atoms with Crippen LogP contribution in [-0.2, 0) is 6.67 Å². The number of likely N-dealkylation sites (tertiary alicyclic amines) is 1. The van der Waals surface area contributed by atoms with E-state index in [0.29, 0.717) is 6.04 Å². The molecular formula is C18H21N4OS3+. The van der Waals surface area contributed by atoms with Gasteiger partial charge in [0.25, 0.3) is 0 Å². The fourth-order valence-corrected chi connectivity index (χ4v) is 5.38. The Balaban J connectivity index is 1.51. The Labute approximate surface area is 165 Å². The highest BCUT2D eigenvalue weighted by Gasteiger charge is 2.31. The first kappa shape index (κ1) is 17.7. The molecule has 136 valence electrons. The second-order valence-corrected chi connectivity index (χ2v) is 8.88. The molecular weight excluding hydrogens is 384 g/mol. The molecule has 2 aromatic heterocycles. The number of methoxy groups -OCH3 is 1. The van der Waals surface area contributed by atoms with Gasteiger partial charge in [-0.3, -0.25) is 0 Å². The largest absolute Gasteiger partial charge is 0.495 e. The Morgan fingerprint density at radius 2 is 2.23 bits per heavy atom. The number of nitrogens with one attached hydrogen (secondary N) is 2. The minimum Gasteiger partial charge on any atom is -0.495 e. The second kappa shape index (κ2) is 7.87. The van der Waals surface area contributed by atoms with Gasteiger partial charge in [-0.1, -0.05) is 29.5 Å².